The lowest BCUT2D eigenvalue weighted by Crippen LogP contribution is -2.23. The summed E-state index contributed by atoms with van der Waals surface area (Å²) >= 11 is 0. The molecule has 0 aliphatic rings. The Morgan fingerprint density at radius 3 is 2.24 bits per heavy atom. The van der Waals surface area contributed by atoms with Crippen LogP contribution in [0.5, 0.6) is 5.88 Å². The predicted octanol–water partition coefficient (Wildman–Crippen LogP) is 2.24. The number of aromatic nitrogens is 1. The van der Waals surface area contributed by atoms with Crippen molar-refractivity contribution in [3.63, 3.8) is 0 Å². The molecule has 0 saturated heterocycles. The number of ether oxygens (including phenoxy) is 2. The molecule has 0 radical (unpaired) electrons. The molecule has 0 unspecified atom stereocenters. The van der Waals surface area contributed by atoms with Crippen LogP contribution in [0.2, 0.25) is 0 Å². The van der Waals surface area contributed by atoms with Gasteiger partial charge in [0, 0.05) is 18.2 Å². The van der Waals surface area contributed by atoms with Crippen molar-refractivity contribution in [2.24, 2.45) is 5.73 Å². The molecule has 1 rings (SSSR count). The number of hydrogen-bond acceptors (Lipinski definition) is 5. The van der Waals surface area contributed by atoms with E-state index in [9.17, 15) is 31.1 Å². The van der Waals surface area contributed by atoms with Crippen LogP contribution in [-0.2, 0) is 17.5 Å². The molecule has 0 atom stereocenters. The van der Waals surface area contributed by atoms with Gasteiger partial charge in [-0.15, -0.1) is 13.2 Å². The summed E-state index contributed by atoms with van der Waals surface area (Å²) < 4.78 is 82.1. The van der Waals surface area contributed by atoms with Gasteiger partial charge >= 0.3 is 18.5 Å². The van der Waals surface area contributed by atoms with Crippen LogP contribution in [-0.4, -0.2) is 24.4 Å². The SMILES string of the molecule is COC(=O)c1cc(OC(F)(F)F)nc(C(F)(F)F)c1CN. The topological polar surface area (TPSA) is 74.4 Å². The van der Waals surface area contributed by atoms with E-state index in [-0.39, 0.29) is 0 Å². The van der Waals surface area contributed by atoms with E-state index in [1.54, 1.807) is 0 Å². The van der Waals surface area contributed by atoms with E-state index in [2.05, 4.69) is 14.5 Å². The van der Waals surface area contributed by atoms with Crippen LogP contribution in [0.15, 0.2) is 6.07 Å². The average molecular weight is 318 g/mol. The Kier molecular flexibility index (Phi) is 4.66. The van der Waals surface area contributed by atoms with Crippen molar-refractivity contribution in [2.45, 2.75) is 19.1 Å². The van der Waals surface area contributed by atoms with Gasteiger partial charge in [-0.3, -0.25) is 0 Å². The molecule has 5 nitrogen and oxygen atoms in total. The molecule has 1 aromatic heterocycles. The van der Waals surface area contributed by atoms with Crippen LogP contribution in [0.4, 0.5) is 26.3 Å². The molecule has 0 bridgehead atoms. The van der Waals surface area contributed by atoms with Gasteiger partial charge in [-0.25, -0.2) is 9.78 Å². The minimum Gasteiger partial charge on any atom is -0.465 e. The molecule has 0 saturated carbocycles. The minimum atomic E-state index is -5.27. The predicted molar refractivity (Wildman–Crippen MR) is 55.2 cm³/mol. The Hall–Kier alpha value is -2.04. The lowest BCUT2D eigenvalue weighted by atomic mass is 10.1. The van der Waals surface area contributed by atoms with Crippen LogP contribution < -0.4 is 10.5 Å². The lowest BCUT2D eigenvalue weighted by molar-refractivity contribution is -0.276. The Balaban J connectivity index is 3.54. The molecule has 0 aliphatic carbocycles. The number of pyridine rings is 1. The molecule has 0 aromatic carbocycles. The number of methoxy groups -OCH3 is 1. The third kappa shape index (κ3) is 4.21. The summed E-state index contributed by atoms with van der Waals surface area (Å²) in [4.78, 5) is 14.1. The van der Waals surface area contributed by atoms with E-state index >= 15 is 0 Å². The number of esters is 1. The highest BCUT2D eigenvalue weighted by Crippen LogP contribution is 2.35. The maximum Gasteiger partial charge on any atom is 0.574 e. The van der Waals surface area contributed by atoms with Crippen molar-refractivity contribution in [3.05, 3.63) is 22.9 Å². The van der Waals surface area contributed by atoms with E-state index in [1.807, 2.05) is 0 Å². The van der Waals surface area contributed by atoms with Crippen molar-refractivity contribution in [3.8, 4) is 5.88 Å². The molecule has 118 valence electrons. The van der Waals surface area contributed by atoms with Gasteiger partial charge in [0.05, 0.1) is 12.7 Å². The summed E-state index contributed by atoms with van der Waals surface area (Å²) in [6, 6.07) is 0.386. The Bertz CT molecular complexity index is 541. The Morgan fingerprint density at radius 1 is 1.29 bits per heavy atom. The summed E-state index contributed by atoms with van der Waals surface area (Å²) in [5.41, 5.74) is 1.77. The second-order valence-electron chi connectivity index (χ2n) is 3.58. The van der Waals surface area contributed by atoms with Crippen LogP contribution in [0.1, 0.15) is 21.6 Å². The number of carbonyl (C=O) groups is 1. The molecule has 21 heavy (non-hydrogen) atoms. The van der Waals surface area contributed by atoms with E-state index in [4.69, 9.17) is 5.73 Å². The van der Waals surface area contributed by atoms with E-state index < -0.39 is 47.8 Å². The van der Waals surface area contributed by atoms with Gasteiger partial charge in [-0.1, -0.05) is 0 Å². The maximum atomic E-state index is 12.8. The van der Waals surface area contributed by atoms with Crippen LogP contribution in [0.3, 0.4) is 0 Å². The first-order valence-electron chi connectivity index (χ1n) is 5.15. The van der Waals surface area contributed by atoms with Crippen molar-refractivity contribution in [1.29, 1.82) is 0 Å². The largest absolute Gasteiger partial charge is 0.574 e. The molecule has 11 heteroatoms. The van der Waals surface area contributed by atoms with Gasteiger partial charge in [0.25, 0.3) is 0 Å². The first-order valence-corrected chi connectivity index (χ1v) is 5.15. The number of nitrogens with zero attached hydrogens (tertiary/aromatic N) is 1. The van der Waals surface area contributed by atoms with Gasteiger partial charge in [-0.2, -0.15) is 13.2 Å². The van der Waals surface area contributed by atoms with Gasteiger partial charge in [0.2, 0.25) is 5.88 Å². The van der Waals surface area contributed by atoms with E-state index in [1.165, 1.54) is 0 Å². The highest BCUT2D eigenvalue weighted by Gasteiger charge is 2.40. The monoisotopic (exact) mass is 318 g/mol. The number of rotatable bonds is 3. The minimum absolute atomic E-state index is 0.386. The molecule has 2 N–H and O–H groups in total. The Labute approximate surface area is 113 Å². The number of hydrogen-bond donors (Lipinski definition) is 1. The summed E-state index contributed by atoms with van der Waals surface area (Å²) in [6.07, 6.45) is -10.4. The first kappa shape index (κ1) is 17.0. The molecule has 0 spiro atoms. The molecule has 0 fully saturated rings. The Morgan fingerprint density at radius 2 is 1.86 bits per heavy atom. The highest BCUT2D eigenvalue weighted by molar-refractivity contribution is 5.91. The molecule has 1 heterocycles. The summed E-state index contributed by atoms with van der Waals surface area (Å²) in [5.74, 6) is -2.73. The van der Waals surface area contributed by atoms with Crippen LogP contribution in [0, 0.1) is 0 Å². The highest BCUT2D eigenvalue weighted by atomic mass is 19.4. The van der Waals surface area contributed by atoms with E-state index in [0.29, 0.717) is 6.07 Å². The molecular weight excluding hydrogens is 310 g/mol. The van der Waals surface area contributed by atoms with Crippen LogP contribution >= 0.6 is 0 Å². The van der Waals surface area contributed by atoms with Crippen molar-refractivity contribution < 1.29 is 40.6 Å². The zero-order valence-corrected chi connectivity index (χ0v) is 10.3. The number of nitrogens with two attached hydrogens (primary N) is 1. The molecule has 1 aromatic rings. The molecule has 0 amide bonds. The number of alkyl halides is 6. The third-order valence-corrected chi connectivity index (χ3v) is 2.20. The zero-order chi connectivity index (χ0) is 16.4. The fraction of sp³-hybridized carbons (Fsp3) is 0.400. The van der Waals surface area contributed by atoms with Gasteiger partial charge in [0.15, 0.2) is 5.69 Å². The van der Waals surface area contributed by atoms with Crippen LogP contribution in [0.25, 0.3) is 0 Å². The zero-order valence-electron chi connectivity index (χ0n) is 10.3. The summed E-state index contributed by atoms with van der Waals surface area (Å²) in [6.45, 7) is -0.779. The lowest BCUT2D eigenvalue weighted by Gasteiger charge is -2.16. The third-order valence-electron chi connectivity index (χ3n) is 2.20. The first-order chi connectivity index (χ1) is 9.49. The maximum absolute atomic E-state index is 12.8. The standard InChI is InChI=1S/C10H8F6N2O3/c1-20-8(19)4-2-6(21-10(14,15)16)18-7(5(4)3-17)9(11,12)13/h2H,3,17H2,1H3. The van der Waals surface area contributed by atoms with Gasteiger partial charge < -0.3 is 15.2 Å². The van der Waals surface area contributed by atoms with E-state index in [0.717, 1.165) is 7.11 Å². The average Bonchev–Trinajstić information content (AvgIpc) is 2.33. The molecular formula is C10H8F6N2O3. The van der Waals surface area contributed by atoms with Crippen molar-refractivity contribution in [1.82, 2.24) is 4.98 Å². The van der Waals surface area contributed by atoms with Gasteiger partial charge in [-0.05, 0) is 0 Å². The molecule has 0 aliphatic heterocycles. The normalized spacial score (nSPS) is 12.2. The summed E-state index contributed by atoms with van der Waals surface area (Å²) in [7, 11) is 0.848. The second kappa shape index (κ2) is 5.76. The van der Waals surface area contributed by atoms with Gasteiger partial charge in [0.1, 0.15) is 0 Å². The van der Waals surface area contributed by atoms with Crippen molar-refractivity contribution >= 4 is 5.97 Å². The number of halogens is 6. The number of carbonyl (C=O) groups excluding carboxylic acids is 1. The summed E-state index contributed by atoms with van der Waals surface area (Å²) in [5, 5.41) is 0. The quantitative estimate of drug-likeness (QED) is 0.683. The van der Waals surface area contributed by atoms with Crippen molar-refractivity contribution in [2.75, 3.05) is 7.11 Å². The fourth-order valence-corrected chi connectivity index (χ4v) is 1.45. The second-order valence-corrected chi connectivity index (χ2v) is 3.58. The smallest absolute Gasteiger partial charge is 0.465 e. The fourth-order valence-electron chi connectivity index (χ4n) is 1.45.